The van der Waals surface area contributed by atoms with Crippen LogP contribution in [0, 0.1) is 11.3 Å². The summed E-state index contributed by atoms with van der Waals surface area (Å²) in [6.07, 6.45) is 4.72. The van der Waals surface area contributed by atoms with Gasteiger partial charge in [-0.05, 0) is 36.4 Å². The van der Waals surface area contributed by atoms with Gasteiger partial charge >= 0.3 is 0 Å². The minimum absolute atomic E-state index is 0.0446. The van der Waals surface area contributed by atoms with Crippen LogP contribution in [0.15, 0.2) is 65.3 Å². The van der Waals surface area contributed by atoms with Crippen LogP contribution in [0.1, 0.15) is 11.3 Å². The van der Waals surface area contributed by atoms with Crippen molar-refractivity contribution in [3.05, 3.63) is 71.7 Å². The van der Waals surface area contributed by atoms with Crippen LogP contribution in [-0.4, -0.2) is 34.7 Å². The molecule has 0 radical (unpaired) electrons. The average Bonchev–Trinajstić information content (AvgIpc) is 3.63. The van der Waals surface area contributed by atoms with Gasteiger partial charge in [-0.15, -0.1) is 11.3 Å². The number of benzene rings is 1. The molecule has 0 unspecified atom stereocenters. The molecule has 3 aromatic heterocycles. The van der Waals surface area contributed by atoms with E-state index in [9.17, 15) is 13.7 Å². The molecule has 5 rings (SSSR count). The van der Waals surface area contributed by atoms with Crippen LogP contribution in [0.25, 0.3) is 17.0 Å². The first kappa shape index (κ1) is 22.5. The molecule has 0 saturated carbocycles. The fourth-order valence-electron chi connectivity index (χ4n) is 3.34. The third kappa shape index (κ3) is 4.58. The zero-order valence-corrected chi connectivity index (χ0v) is 19.8. The van der Waals surface area contributed by atoms with E-state index in [-0.39, 0.29) is 21.3 Å². The van der Waals surface area contributed by atoms with Gasteiger partial charge in [0.15, 0.2) is 10.9 Å². The topological polar surface area (TPSA) is 144 Å². The van der Waals surface area contributed by atoms with Crippen molar-refractivity contribution in [3.63, 3.8) is 0 Å². The first-order chi connectivity index (χ1) is 16.9. The van der Waals surface area contributed by atoms with Crippen LogP contribution >= 0.6 is 11.3 Å². The van der Waals surface area contributed by atoms with E-state index in [1.165, 1.54) is 24.4 Å². The number of hydroxylamine groups is 1. The van der Waals surface area contributed by atoms with Gasteiger partial charge in [0.05, 0.1) is 28.4 Å². The lowest BCUT2D eigenvalue weighted by atomic mass is 10.1. The Balaban J connectivity index is 1.51. The molecule has 0 bridgehead atoms. The average molecular weight is 508 g/mol. The molecule has 0 aliphatic carbocycles. The summed E-state index contributed by atoms with van der Waals surface area (Å²) in [5, 5.41) is 15.8. The number of hydrogen-bond donors (Lipinski definition) is 2. The summed E-state index contributed by atoms with van der Waals surface area (Å²) in [5.41, 5.74) is 5.55. The summed E-state index contributed by atoms with van der Waals surface area (Å²) >= 11 is 1.15. The number of ether oxygens (including phenoxy) is 1. The molecule has 4 aromatic rings. The van der Waals surface area contributed by atoms with Crippen LogP contribution in [0.2, 0.25) is 0 Å². The van der Waals surface area contributed by atoms with Gasteiger partial charge in [0.2, 0.25) is 0 Å². The molecule has 1 aromatic carbocycles. The number of thiazole rings is 1. The molecule has 176 valence electrons. The number of nitriles is 1. The Morgan fingerprint density at radius 3 is 2.77 bits per heavy atom. The Morgan fingerprint density at radius 2 is 2.09 bits per heavy atom. The third-order valence-corrected chi connectivity index (χ3v) is 7.21. The highest BCUT2D eigenvalue weighted by Gasteiger charge is 2.21. The number of nitrogens with zero attached hydrogens (tertiary/aromatic N) is 5. The third-order valence-electron chi connectivity index (χ3n) is 5.05. The predicted octanol–water partition coefficient (Wildman–Crippen LogP) is 3.28. The second-order valence-corrected chi connectivity index (χ2v) is 9.86. The van der Waals surface area contributed by atoms with Gasteiger partial charge in [0.25, 0.3) is 10.0 Å². The van der Waals surface area contributed by atoms with Gasteiger partial charge in [-0.2, -0.15) is 15.8 Å². The highest BCUT2D eigenvalue weighted by Crippen LogP contribution is 2.35. The summed E-state index contributed by atoms with van der Waals surface area (Å²) in [6.45, 7) is 0.502. The van der Waals surface area contributed by atoms with Crippen molar-refractivity contribution in [2.45, 2.75) is 4.90 Å². The highest BCUT2D eigenvalue weighted by atomic mass is 32.2. The number of anilines is 1. The van der Waals surface area contributed by atoms with Crippen molar-refractivity contribution in [1.82, 2.24) is 25.2 Å². The minimum atomic E-state index is -3.93. The maximum absolute atomic E-state index is 12.7. The van der Waals surface area contributed by atoms with Crippen LogP contribution in [0.5, 0.6) is 11.5 Å². The summed E-state index contributed by atoms with van der Waals surface area (Å²) in [7, 11) is -2.15. The van der Waals surface area contributed by atoms with Crippen molar-refractivity contribution in [1.29, 1.82) is 5.26 Å². The lowest BCUT2D eigenvalue weighted by molar-refractivity contribution is 0.168. The molecule has 4 heterocycles. The van der Waals surface area contributed by atoms with Gasteiger partial charge in [-0.25, -0.2) is 18.4 Å². The number of nitrogens with one attached hydrogen (secondary N) is 2. The molecule has 0 fully saturated rings. The molecule has 35 heavy (non-hydrogen) atoms. The van der Waals surface area contributed by atoms with E-state index in [1.807, 2.05) is 6.07 Å². The predicted molar refractivity (Wildman–Crippen MR) is 128 cm³/mol. The number of sulfonamides is 1. The first-order valence-electron chi connectivity index (χ1n) is 10.2. The van der Waals surface area contributed by atoms with Crippen molar-refractivity contribution in [2.75, 3.05) is 11.3 Å². The maximum atomic E-state index is 12.7. The fourth-order valence-corrected chi connectivity index (χ4v) is 5.16. The molecule has 11 nitrogen and oxygen atoms in total. The Bertz CT molecular complexity index is 1570. The zero-order valence-electron chi connectivity index (χ0n) is 18.2. The lowest BCUT2D eigenvalue weighted by Gasteiger charge is -2.14. The van der Waals surface area contributed by atoms with E-state index in [2.05, 4.69) is 20.3 Å². The standard InChI is InChI=1S/C22H17N7O4S2/c1-29-18(6-7-25-29)21-20(5-3-17(27-21)15-12-26-32-13-15)33-19-4-2-16(10-14(19)11-23)35(30,31)28-22-24-8-9-34-22/h2-10,13,26H,12H2,1H3,(H,24,28). The molecule has 1 aliphatic heterocycles. The second kappa shape index (κ2) is 9.18. The zero-order chi connectivity index (χ0) is 24.4. The minimum Gasteiger partial charge on any atom is -0.454 e. The molecule has 13 heteroatoms. The van der Waals surface area contributed by atoms with Gasteiger partial charge in [-0.3, -0.25) is 9.40 Å². The maximum Gasteiger partial charge on any atom is 0.263 e. The van der Waals surface area contributed by atoms with Crippen LogP contribution < -0.4 is 14.9 Å². The van der Waals surface area contributed by atoms with Gasteiger partial charge in [0.1, 0.15) is 23.8 Å². The summed E-state index contributed by atoms with van der Waals surface area (Å²) in [6, 6.07) is 11.4. The Morgan fingerprint density at radius 1 is 1.23 bits per heavy atom. The summed E-state index contributed by atoms with van der Waals surface area (Å²) in [4.78, 5) is 13.7. The number of aryl methyl sites for hydroxylation is 1. The molecular formula is C22H17N7O4S2. The fraction of sp³-hybridized carbons (Fsp3) is 0.0909. The van der Waals surface area contributed by atoms with Gasteiger partial charge in [0, 0.05) is 30.4 Å². The summed E-state index contributed by atoms with van der Waals surface area (Å²) in [5.74, 6) is 0.557. The molecular weight excluding hydrogens is 490 g/mol. The molecule has 2 N–H and O–H groups in total. The van der Waals surface area contributed by atoms with Crippen LogP contribution in [0.3, 0.4) is 0 Å². The van der Waals surface area contributed by atoms with Crippen molar-refractivity contribution >= 4 is 32.1 Å². The SMILES string of the molecule is Cn1nccc1-c1nc(C2=CONC2)ccc1Oc1ccc(S(=O)(=O)Nc2nccs2)cc1C#N. The Labute approximate surface area is 204 Å². The van der Waals surface area contributed by atoms with E-state index < -0.39 is 10.0 Å². The summed E-state index contributed by atoms with van der Waals surface area (Å²) < 4.78 is 35.6. The second-order valence-electron chi connectivity index (χ2n) is 7.28. The lowest BCUT2D eigenvalue weighted by Crippen LogP contribution is -2.13. The first-order valence-corrected chi connectivity index (χ1v) is 12.5. The molecule has 0 spiro atoms. The number of rotatable bonds is 7. The Kier molecular flexibility index (Phi) is 5.91. The van der Waals surface area contributed by atoms with Crippen LogP contribution in [0.4, 0.5) is 5.13 Å². The van der Waals surface area contributed by atoms with Crippen molar-refractivity contribution in [2.24, 2.45) is 7.05 Å². The van der Waals surface area contributed by atoms with Crippen molar-refractivity contribution < 1.29 is 18.0 Å². The number of hydrogen-bond acceptors (Lipinski definition) is 10. The van der Waals surface area contributed by atoms with E-state index in [1.54, 1.807) is 47.8 Å². The molecule has 1 aliphatic rings. The van der Waals surface area contributed by atoms with E-state index >= 15 is 0 Å². The number of pyridine rings is 1. The normalized spacial score (nSPS) is 13.1. The van der Waals surface area contributed by atoms with Crippen molar-refractivity contribution in [3.8, 4) is 29.0 Å². The quantitative estimate of drug-likeness (QED) is 0.385. The van der Waals surface area contributed by atoms with E-state index in [4.69, 9.17) is 14.6 Å². The van der Waals surface area contributed by atoms with Gasteiger partial charge in [-0.1, -0.05) is 0 Å². The largest absolute Gasteiger partial charge is 0.454 e. The van der Waals surface area contributed by atoms with Crippen LogP contribution in [-0.2, 0) is 21.9 Å². The highest BCUT2D eigenvalue weighted by molar-refractivity contribution is 7.93. The molecule has 0 saturated heterocycles. The number of aromatic nitrogens is 4. The molecule has 0 atom stereocenters. The van der Waals surface area contributed by atoms with E-state index in [0.29, 0.717) is 29.4 Å². The Hall–Kier alpha value is -4.25. The monoisotopic (exact) mass is 507 g/mol. The molecule has 0 amide bonds. The smallest absolute Gasteiger partial charge is 0.263 e. The van der Waals surface area contributed by atoms with Gasteiger partial charge < -0.3 is 9.57 Å². The van der Waals surface area contributed by atoms with E-state index in [0.717, 1.165) is 16.9 Å².